The summed E-state index contributed by atoms with van der Waals surface area (Å²) in [6.45, 7) is 11.7. The number of fused-ring (bicyclic) bond motifs is 6. The number of hydrogen-bond donors (Lipinski definition) is 0. The molecule has 0 radical (unpaired) electrons. The molecule has 0 aliphatic heterocycles. The van der Waals surface area contributed by atoms with Crippen molar-refractivity contribution >= 4 is 43.1 Å². The maximum absolute atomic E-state index is 6.77. The molecule has 0 aliphatic carbocycles. The van der Waals surface area contributed by atoms with Gasteiger partial charge in [0.2, 0.25) is 0 Å². The Morgan fingerprint density at radius 1 is 0.309 bits per heavy atom. The third-order valence-corrected chi connectivity index (χ3v) is 13.5. The fourth-order valence-electron chi connectivity index (χ4n) is 9.49. The Hall–Kier alpha value is -5.32. The van der Waals surface area contributed by atoms with Crippen LogP contribution in [-0.2, 0) is 0 Å². The molecule has 362 valence electrons. The second kappa shape index (κ2) is 29.5. The first-order valence-electron chi connectivity index (χ1n) is 27.1. The second-order valence-electron chi connectivity index (χ2n) is 19.0. The van der Waals surface area contributed by atoms with Gasteiger partial charge in [0, 0.05) is 38.2 Å². The van der Waals surface area contributed by atoms with Gasteiger partial charge in [0.1, 0.15) is 0 Å². The molecule has 6 aromatic carbocycles. The minimum Gasteiger partial charge on any atom is -0.489 e. The first kappa shape index (κ1) is 52.1. The summed E-state index contributed by atoms with van der Waals surface area (Å²) in [5, 5.41) is 8.63. The quantitative estimate of drug-likeness (QED) is 0.0240. The van der Waals surface area contributed by atoms with Crippen LogP contribution in [0.15, 0.2) is 78.9 Å². The van der Waals surface area contributed by atoms with Crippen LogP contribution in [0, 0.1) is 24.2 Å². The van der Waals surface area contributed by atoms with Crippen molar-refractivity contribution in [3.05, 3.63) is 95.6 Å². The third-order valence-electron chi connectivity index (χ3n) is 13.5. The standard InChI is InChI=1S/C64H82O4/c1-6-11-15-19-23-29-43-65-61-54-34-28-27-33-53(54)58-48-51(38-41-55(58)62(61)66-44-30-24-20-16-12-7-2)35-36-52-39-42-57-60(49-52)59-47-50(10-5)37-40-56(59)63(67-45-31-25-21-17-13-8-3)64(57)68-46-32-26-22-18-14-9-4/h5,27-28,33-34,37-42,47-49H,6-9,11-26,29-32,43-46H2,1-4H3. The van der Waals surface area contributed by atoms with Crippen LogP contribution in [0.1, 0.15) is 198 Å². The van der Waals surface area contributed by atoms with Gasteiger partial charge in [-0.05, 0) is 102 Å². The Balaban J connectivity index is 1.34. The minimum atomic E-state index is 0.652. The van der Waals surface area contributed by atoms with Gasteiger partial charge < -0.3 is 18.9 Å². The molecule has 6 aromatic rings. The smallest absolute Gasteiger partial charge is 0.169 e. The average Bonchev–Trinajstić information content (AvgIpc) is 3.37. The fraction of sp³-hybridized carbons (Fsp3) is 0.500. The molecule has 6 rings (SSSR count). The molecular formula is C64H82O4. The van der Waals surface area contributed by atoms with E-state index >= 15 is 0 Å². The largest absolute Gasteiger partial charge is 0.489 e. The van der Waals surface area contributed by atoms with Crippen LogP contribution < -0.4 is 18.9 Å². The fourth-order valence-corrected chi connectivity index (χ4v) is 9.49. The van der Waals surface area contributed by atoms with Crippen molar-refractivity contribution < 1.29 is 18.9 Å². The van der Waals surface area contributed by atoms with Gasteiger partial charge in [-0.1, -0.05) is 198 Å². The van der Waals surface area contributed by atoms with Gasteiger partial charge in [0.15, 0.2) is 23.0 Å². The minimum absolute atomic E-state index is 0.652. The van der Waals surface area contributed by atoms with Crippen molar-refractivity contribution in [2.45, 2.75) is 182 Å². The molecule has 4 heteroatoms. The van der Waals surface area contributed by atoms with Crippen LogP contribution >= 0.6 is 0 Å². The summed E-state index contributed by atoms with van der Waals surface area (Å²) in [5.41, 5.74) is 2.72. The Bertz CT molecular complexity index is 2570. The average molecular weight is 915 g/mol. The van der Waals surface area contributed by atoms with Crippen molar-refractivity contribution in [1.29, 1.82) is 0 Å². The van der Waals surface area contributed by atoms with Gasteiger partial charge in [-0.25, -0.2) is 0 Å². The van der Waals surface area contributed by atoms with E-state index in [0.717, 1.165) is 115 Å². The number of benzene rings is 6. The maximum Gasteiger partial charge on any atom is 0.169 e. The highest BCUT2D eigenvalue weighted by molar-refractivity contribution is 6.15. The zero-order chi connectivity index (χ0) is 47.6. The van der Waals surface area contributed by atoms with E-state index in [1.54, 1.807) is 0 Å². The van der Waals surface area contributed by atoms with Gasteiger partial charge in [0.05, 0.1) is 26.4 Å². The van der Waals surface area contributed by atoms with Gasteiger partial charge in [-0.15, -0.1) is 6.42 Å². The zero-order valence-electron chi connectivity index (χ0n) is 42.5. The molecule has 0 fully saturated rings. The van der Waals surface area contributed by atoms with Crippen LogP contribution in [0.3, 0.4) is 0 Å². The Kier molecular flexibility index (Phi) is 22.6. The molecule has 0 atom stereocenters. The Morgan fingerprint density at radius 2 is 0.588 bits per heavy atom. The maximum atomic E-state index is 6.77. The highest BCUT2D eigenvalue weighted by atomic mass is 16.5. The monoisotopic (exact) mass is 915 g/mol. The number of rotatable bonds is 32. The zero-order valence-corrected chi connectivity index (χ0v) is 42.5. The van der Waals surface area contributed by atoms with E-state index in [2.05, 4.69) is 118 Å². The molecule has 0 N–H and O–H groups in total. The number of unbranched alkanes of at least 4 members (excludes halogenated alkanes) is 20. The van der Waals surface area contributed by atoms with Crippen molar-refractivity contribution in [3.63, 3.8) is 0 Å². The summed E-state index contributed by atoms with van der Waals surface area (Å²) < 4.78 is 27.0. The summed E-state index contributed by atoms with van der Waals surface area (Å²) in [6, 6.07) is 27.9. The van der Waals surface area contributed by atoms with Crippen molar-refractivity contribution in [3.8, 4) is 47.2 Å². The van der Waals surface area contributed by atoms with E-state index in [4.69, 9.17) is 25.4 Å². The summed E-state index contributed by atoms with van der Waals surface area (Å²) >= 11 is 0. The Morgan fingerprint density at radius 3 is 0.941 bits per heavy atom. The summed E-state index contributed by atoms with van der Waals surface area (Å²) in [5.74, 6) is 13.4. The van der Waals surface area contributed by atoms with Gasteiger partial charge in [0.25, 0.3) is 0 Å². The lowest BCUT2D eigenvalue weighted by Crippen LogP contribution is -2.04. The van der Waals surface area contributed by atoms with E-state index in [9.17, 15) is 0 Å². The number of terminal acetylenes is 1. The molecule has 0 amide bonds. The third kappa shape index (κ3) is 15.1. The predicted molar refractivity (Wildman–Crippen MR) is 292 cm³/mol. The molecule has 0 aliphatic rings. The highest BCUT2D eigenvalue weighted by Gasteiger charge is 2.20. The van der Waals surface area contributed by atoms with E-state index in [0.29, 0.717) is 26.4 Å². The molecule has 68 heavy (non-hydrogen) atoms. The lowest BCUT2D eigenvalue weighted by molar-refractivity contribution is 0.263. The summed E-state index contributed by atoms with van der Waals surface area (Å²) in [7, 11) is 0. The number of hydrogen-bond acceptors (Lipinski definition) is 4. The normalized spacial score (nSPS) is 11.3. The SMILES string of the molecule is C#Cc1ccc2c(OCCCCCCCC)c(OCCCCCCCC)c3ccc(C#Cc4ccc5c(OCCCCCCCC)c(OCCCCCCCC)c6ccccc6c5c4)cc3c2c1. The van der Waals surface area contributed by atoms with E-state index in [1.807, 2.05) is 6.07 Å². The topological polar surface area (TPSA) is 36.9 Å². The van der Waals surface area contributed by atoms with Gasteiger partial charge >= 0.3 is 0 Å². The molecular weight excluding hydrogens is 833 g/mol. The molecule has 0 aromatic heterocycles. The predicted octanol–water partition coefficient (Wildman–Crippen LogP) is 18.6. The molecule has 0 saturated carbocycles. The van der Waals surface area contributed by atoms with Crippen LogP contribution in [0.5, 0.6) is 23.0 Å². The van der Waals surface area contributed by atoms with E-state index in [1.165, 1.54) is 122 Å². The Labute approximate surface area is 411 Å². The number of ether oxygens (including phenoxy) is 4. The van der Waals surface area contributed by atoms with Gasteiger partial charge in [-0.3, -0.25) is 0 Å². The highest BCUT2D eigenvalue weighted by Crippen LogP contribution is 2.46. The lowest BCUT2D eigenvalue weighted by atomic mass is 9.96. The van der Waals surface area contributed by atoms with Crippen LogP contribution in [0.2, 0.25) is 0 Å². The summed E-state index contributed by atoms with van der Waals surface area (Å²) in [4.78, 5) is 0. The first-order valence-corrected chi connectivity index (χ1v) is 27.1. The molecule has 4 nitrogen and oxygen atoms in total. The van der Waals surface area contributed by atoms with Crippen molar-refractivity contribution in [1.82, 2.24) is 0 Å². The molecule has 0 unspecified atom stereocenters. The van der Waals surface area contributed by atoms with E-state index < -0.39 is 0 Å². The second-order valence-corrected chi connectivity index (χ2v) is 19.0. The van der Waals surface area contributed by atoms with Crippen molar-refractivity contribution in [2.75, 3.05) is 26.4 Å². The molecule has 0 heterocycles. The van der Waals surface area contributed by atoms with E-state index in [-0.39, 0.29) is 0 Å². The molecule has 0 spiro atoms. The van der Waals surface area contributed by atoms with Crippen LogP contribution in [0.25, 0.3) is 43.1 Å². The molecule has 0 bridgehead atoms. The van der Waals surface area contributed by atoms with Gasteiger partial charge in [-0.2, -0.15) is 0 Å². The summed E-state index contributed by atoms with van der Waals surface area (Å²) in [6.07, 6.45) is 35.1. The molecule has 0 saturated heterocycles. The first-order chi connectivity index (χ1) is 33.6. The van der Waals surface area contributed by atoms with Crippen LogP contribution in [0.4, 0.5) is 0 Å². The van der Waals surface area contributed by atoms with Crippen LogP contribution in [-0.4, -0.2) is 26.4 Å². The van der Waals surface area contributed by atoms with Crippen molar-refractivity contribution in [2.24, 2.45) is 0 Å². The lowest BCUT2D eigenvalue weighted by Gasteiger charge is -2.19.